The Kier molecular flexibility index (Phi) is 10.7. The summed E-state index contributed by atoms with van der Waals surface area (Å²) in [5.41, 5.74) is 0. The lowest BCUT2D eigenvalue weighted by atomic mass is 9.97. The van der Waals surface area contributed by atoms with E-state index in [9.17, 15) is 8.42 Å². The summed E-state index contributed by atoms with van der Waals surface area (Å²) in [4.78, 5) is 0. The topological polar surface area (TPSA) is 63.6 Å². The minimum absolute atomic E-state index is 0.0882. The smallest absolute Gasteiger partial charge is 0.264 e. The average molecular weight is 280 g/mol. The molecule has 0 aromatic rings. The second kappa shape index (κ2) is 10.8. The molecule has 0 aromatic carbocycles. The van der Waals surface area contributed by atoms with Crippen LogP contribution in [0.5, 0.6) is 0 Å². The first-order valence-corrected chi connectivity index (χ1v) is 8.44. The molecule has 0 aliphatic carbocycles. The summed E-state index contributed by atoms with van der Waals surface area (Å²) in [5.74, 6) is 0.797. The molecule has 0 rings (SSSR count). The van der Waals surface area contributed by atoms with E-state index in [4.69, 9.17) is 4.55 Å². The lowest BCUT2D eigenvalue weighted by Crippen LogP contribution is -2.04. The molecule has 0 aliphatic heterocycles. The van der Waals surface area contributed by atoms with E-state index in [1.807, 2.05) is 0 Å². The van der Waals surface area contributed by atoms with Crippen LogP contribution < -0.4 is 0 Å². The minimum atomic E-state index is -4.24. The van der Waals surface area contributed by atoms with Crippen LogP contribution in [0.1, 0.15) is 71.6 Å². The molecule has 110 valence electrons. The highest BCUT2D eigenvalue weighted by atomic mass is 32.3. The molecule has 0 amide bonds. The lowest BCUT2D eigenvalue weighted by molar-refractivity contribution is 0.261. The van der Waals surface area contributed by atoms with E-state index >= 15 is 0 Å². The van der Waals surface area contributed by atoms with Crippen molar-refractivity contribution in [2.45, 2.75) is 71.6 Å². The Hall–Kier alpha value is -0.130. The maximum atomic E-state index is 10.3. The normalized spacial score (nSPS) is 13.7. The number of rotatable bonds is 12. The van der Waals surface area contributed by atoms with Crippen LogP contribution in [0.15, 0.2) is 0 Å². The van der Waals surface area contributed by atoms with Crippen LogP contribution in [0.25, 0.3) is 0 Å². The summed E-state index contributed by atoms with van der Waals surface area (Å²) < 4.78 is 33.1. The van der Waals surface area contributed by atoms with Crippen molar-refractivity contribution in [2.24, 2.45) is 5.92 Å². The Morgan fingerprint density at radius 3 is 2.11 bits per heavy atom. The molecule has 0 aromatic heterocycles. The first kappa shape index (κ1) is 17.9. The second-order valence-electron chi connectivity index (χ2n) is 5.05. The van der Waals surface area contributed by atoms with Gasteiger partial charge in [0, 0.05) is 0 Å². The number of unbranched alkanes of at least 4 members (excludes halogenated alkanes) is 5. The first-order chi connectivity index (χ1) is 8.45. The van der Waals surface area contributed by atoms with E-state index < -0.39 is 10.4 Å². The lowest BCUT2D eigenvalue weighted by Gasteiger charge is -2.10. The quantitative estimate of drug-likeness (QED) is 0.434. The molecule has 0 saturated carbocycles. The maximum Gasteiger partial charge on any atom is 0.397 e. The molecule has 0 radical (unpaired) electrons. The van der Waals surface area contributed by atoms with Gasteiger partial charge in [0.1, 0.15) is 0 Å². The molecule has 4 nitrogen and oxygen atoms in total. The summed E-state index contributed by atoms with van der Waals surface area (Å²) in [7, 11) is -4.24. The van der Waals surface area contributed by atoms with Crippen molar-refractivity contribution >= 4 is 10.4 Å². The van der Waals surface area contributed by atoms with Gasteiger partial charge in [-0.05, 0) is 12.3 Å². The van der Waals surface area contributed by atoms with Crippen LogP contribution in [0.3, 0.4) is 0 Å². The van der Waals surface area contributed by atoms with Crippen LogP contribution >= 0.6 is 0 Å². The SMILES string of the molecule is CCCCCC(C)CCCCCCOS(=O)(=O)O. The van der Waals surface area contributed by atoms with Crippen molar-refractivity contribution in [2.75, 3.05) is 6.61 Å². The zero-order chi connectivity index (χ0) is 13.9. The third-order valence-electron chi connectivity index (χ3n) is 3.12. The van der Waals surface area contributed by atoms with E-state index in [1.165, 1.54) is 38.5 Å². The van der Waals surface area contributed by atoms with Gasteiger partial charge in [0.05, 0.1) is 6.61 Å². The Bertz CT molecular complexity index is 275. The first-order valence-electron chi connectivity index (χ1n) is 7.07. The highest BCUT2D eigenvalue weighted by molar-refractivity contribution is 7.80. The number of hydrogen-bond acceptors (Lipinski definition) is 3. The summed E-state index contributed by atoms with van der Waals surface area (Å²) in [6.07, 6.45) is 10.5. The van der Waals surface area contributed by atoms with Crippen LogP contribution in [0.4, 0.5) is 0 Å². The summed E-state index contributed by atoms with van der Waals surface area (Å²) in [6.45, 7) is 4.61. The van der Waals surface area contributed by atoms with Gasteiger partial charge in [-0.2, -0.15) is 8.42 Å². The summed E-state index contributed by atoms with van der Waals surface area (Å²) in [6, 6.07) is 0. The Morgan fingerprint density at radius 1 is 1.00 bits per heavy atom. The van der Waals surface area contributed by atoms with Gasteiger partial charge in [-0.25, -0.2) is 4.18 Å². The molecule has 0 fully saturated rings. The van der Waals surface area contributed by atoms with E-state index in [2.05, 4.69) is 18.0 Å². The van der Waals surface area contributed by atoms with Crippen molar-refractivity contribution < 1.29 is 17.2 Å². The van der Waals surface area contributed by atoms with E-state index in [0.29, 0.717) is 6.42 Å². The van der Waals surface area contributed by atoms with Crippen LogP contribution in [-0.4, -0.2) is 19.6 Å². The van der Waals surface area contributed by atoms with Crippen molar-refractivity contribution in [1.29, 1.82) is 0 Å². The monoisotopic (exact) mass is 280 g/mol. The molecule has 0 spiro atoms. The van der Waals surface area contributed by atoms with Crippen molar-refractivity contribution in [1.82, 2.24) is 0 Å². The zero-order valence-electron chi connectivity index (χ0n) is 11.7. The van der Waals surface area contributed by atoms with Gasteiger partial charge in [-0.15, -0.1) is 0 Å². The maximum absolute atomic E-state index is 10.3. The van der Waals surface area contributed by atoms with Gasteiger partial charge in [0.15, 0.2) is 0 Å². The fraction of sp³-hybridized carbons (Fsp3) is 1.00. The van der Waals surface area contributed by atoms with Gasteiger partial charge >= 0.3 is 10.4 Å². The van der Waals surface area contributed by atoms with Gasteiger partial charge in [0.2, 0.25) is 0 Å². The number of hydrogen-bond donors (Lipinski definition) is 1. The Balaban J connectivity index is 3.24. The summed E-state index contributed by atoms with van der Waals surface area (Å²) >= 11 is 0. The predicted molar refractivity (Wildman–Crippen MR) is 73.9 cm³/mol. The molecule has 18 heavy (non-hydrogen) atoms. The Labute approximate surface area is 112 Å². The van der Waals surface area contributed by atoms with E-state index in [-0.39, 0.29) is 6.61 Å². The molecular formula is C13H28O4S. The molecule has 1 N–H and O–H groups in total. The van der Waals surface area contributed by atoms with Gasteiger partial charge in [0.25, 0.3) is 0 Å². The zero-order valence-corrected chi connectivity index (χ0v) is 12.5. The molecular weight excluding hydrogens is 252 g/mol. The standard InChI is InChI=1S/C13H28O4S/c1-3-4-7-10-13(2)11-8-5-6-9-12-17-18(14,15)16/h13H,3-12H2,1-2H3,(H,14,15,16). The van der Waals surface area contributed by atoms with Gasteiger partial charge < -0.3 is 0 Å². The van der Waals surface area contributed by atoms with Crippen LogP contribution in [-0.2, 0) is 14.6 Å². The highest BCUT2D eigenvalue weighted by Crippen LogP contribution is 2.16. The second-order valence-corrected chi connectivity index (χ2v) is 6.14. The predicted octanol–water partition coefficient (Wildman–Crippen LogP) is 3.97. The Morgan fingerprint density at radius 2 is 1.56 bits per heavy atom. The molecule has 1 unspecified atom stereocenters. The van der Waals surface area contributed by atoms with Crippen molar-refractivity contribution in [3.05, 3.63) is 0 Å². The molecule has 5 heteroatoms. The highest BCUT2D eigenvalue weighted by Gasteiger charge is 2.04. The van der Waals surface area contributed by atoms with E-state index in [1.54, 1.807) is 0 Å². The molecule has 0 aliphatic rings. The average Bonchev–Trinajstić information content (AvgIpc) is 2.26. The molecule has 0 bridgehead atoms. The molecule has 0 heterocycles. The van der Waals surface area contributed by atoms with Crippen molar-refractivity contribution in [3.8, 4) is 0 Å². The fourth-order valence-electron chi connectivity index (χ4n) is 2.00. The van der Waals surface area contributed by atoms with Gasteiger partial charge in [-0.3, -0.25) is 4.55 Å². The molecule has 0 saturated heterocycles. The third-order valence-corrected chi connectivity index (χ3v) is 3.59. The van der Waals surface area contributed by atoms with E-state index in [0.717, 1.165) is 18.8 Å². The summed E-state index contributed by atoms with van der Waals surface area (Å²) in [5, 5.41) is 0. The fourth-order valence-corrected chi connectivity index (χ4v) is 2.33. The largest absolute Gasteiger partial charge is 0.397 e. The van der Waals surface area contributed by atoms with Gasteiger partial charge in [-0.1, -0.05) is 65.2 Å². The third kappa shape index (κ3) is 13.9. The van der Waals surface area contributed by atoms with Crippen LogP contribution in [0.2, 0.25) is 0 Å². The minimum Gasteiger partial charge on any atom is -0.264 e. The van der Waals surface area contributed by atoms with Crippen molar-refractivity contribution in [3.63, 3.8) is 0 Å². The van der Waals surface area contributed by atoms with Crippen LogP contribution in [0, 0.1) is 5.92 Å². The molecule has 1 atom stereocenters.